The zero-order valence-electron chi connectivity index (χ0n) is 13.9. The molecule has 0 bridgehead atoms. The predicted molar refractivity (Wildman–Crippen MR) is 96.8 cm³/mol. The van der Waals surface area contributed by atoms with Gasteiger partial charge in [-0.25, -0.2) is 0 Å². The van der Waals surface area contributed by atoms with Crippen LogP contribution in [0.4, 0.5) is 0 Å². The number of hydrogen-bond donors (Lipinski definition) is 2. The Labute approximate surface area is 147 Å². The average molecular weight is 354 g/mol. The second kappa shape index (κ2) is 10.7. The van der Waals surface area contributed by atoms with E-state index in [1.807, 2.05) is 0 Å². The van der Waals surface area contributed by atoms with E-state index in [-0.39, 0.29) is 36.6 Å². The summed E-state index contributed by atoms with van der Waals surface area (Å²) >= 11 is 0. The van der Waals surface area contributed by atoms with Crippen LogP contribution in [0.25, 0.3) is 0 Å². The minimum absolute atomic E-state index is 0. The van der Waals surface area contributed by atoms with E-state index >= 15 is 0 Å². The lowest BCUT2D eigenvalue weighted by molar-refractivity contribution is -0.126. The van der Waals surface area contributed by atoms with Gasteiger partial charge in [0, 0.05) is 25.6 Å². The predicted octanol–water partition coefficient (Wildman–Crippen LogP) is 2.30. The molecule has 1 saturated carbocycles. The van der Waals surface area contributed by atoms with Gasteiger partial charge in [0.05, 0.1) is 0 Å². The van der Waals surface area contributed by atoms with E-state index in [0.29, 0.717) is 18.4 Å². The minimum Gasteiger partial charge on any atom is -0.356 e. The number of nitrogens with zero attached hydrogens (tertiary/aromatic N) is 1. The van der Waals surface area contributed by atoms with Gasteiger partial charge in [0.2, 0.25) is 5.91 Å². The summed E-state index contributed by atoms with van der Waals surface area (Å²) in [5.41, 5.74) is 5.76. The van der Waals surface area contributed by atoms with Crippen molar-refractivity contribution in [1.29, 1.82) is 0 Å². The van der Waals surface area contributed by atoms with Crippen molar-refractivity contribution in [3.63, 3.8) is 0 Å². The number of amides is 1. The van der Waals surface area contributed by atoms with Crippen molar-refractivity contribution in [2.45, 2.75) is 39.5 Å². The Kier molecular flexibility index (Phi) is 10.7. The van der Waals surface area contributed by atoms with E-state index in [9.17, 15) is 4.79 Å². The number of hydrogen-bond acceptors (Lipinski definition) is 3. The Hall–Kier alpha value is -0.0300. The van der Waals surface area contributed by atoms with Gasteiger partial charge >= 0.3 is 0 Å². The first-order valence-corrected chi connectivity index (χ1v) is 8.30. The van der Waals surface area contributed by atoms with E-state index < -0.39 is 0 Å². The first kappa shape index (κ1) is 22.0. The number of carbonyl (C=O) groups excluding carboxylic acids is 1. The first-order chi connectivity index (χ1) is 9.60. The van der Waals surface area contributed by atoms with Crippen molar-refractivity contribution < 1.29 is 4.79 Å². The fourth-order valence-corrected chi connectivity index (χ4v) is 3.80. The molecule has 0 spiro atoms. The minimum atomic E-state index is 0. The van der Waals surface area contributed by atoms with Crippen LogP contribution in [0, 0.1) is 23.7 Å². The summed E-state index contributed by atoms with van der Waals surface area (Å²) in [5, 5.41) is 3.18. The summed E-state index contributed by atoms with van der Waals surface area (Å²) in [6.07, 6.45) is 4.53. The van der Waals surface area contributed by atoms with Gasteiger partial charge in [0.25, 0.3) is 0 Å². The van der Waals surface area contributed by atoms with Gasteiger partial charge in [-0.3, -0.25) is 4.79 Å². The highest BCUT2D eigenvalue weighted by Gasteiger charge is 2.32. The van der Waals surface area contributed by atoms with Crippen molar-refractivity contribution in [2.24, 2.45) is 29.4 Å². The molecular formula is C16H33Cl2N3O. The molecule has 1 unspecified atom stereocenters. The maximum Gasteiger partial charge on any atom is 0.223 e. The number of halogens is 2. The van der Waals surface area contributed by atoms with Crippen LogP contribution in [0.15, 0.2) is 0 Å². The molecule has 132 valence electrons. The molecule has 0 aromatic carbocycles. The van der Waals surface area contributed by atoms with E-state index in [1.54, 1.807) is 0 Å². The molecule has 4 nitrogen and oxygen atoms in total. The molecule has 1 amide bonds. The van der Waals surface area contributed by atoms with Gasteiger partial charge in [0.1, 0.15) is 0 Å². The molecular weight excluding hydrogens is 321 g/mol. The molecule has 2 fully saturated rings. The maximum atomic E-state index is 12.3. The van der Waals surface area contributed by atoms with Crippen LogP contribution in [-0.2, 0) is 4.79 Å². The van der Waals surface area contributed by atoms with Crippen molar-refractivity contribution in [3.8, 4) is 0 Å². The molecule has 6 heteroatoms. The van der Waals surface area contributed by atoms with Crippen LogP contribution in [0.3, 0.4) is 0 Å². The molecule has 2 rings (SSSR count). The third kappa shape index (κ3) is 6.23. The fraction of sp³-hybridized carbons (Fsp3) is 0.938. The Bertz CT molecular complexity index is 329. The third-order valence-electron chi connectivity index (χ3n) is 4.86. The molecule has 0 aromatic heterocycles. The van der Waals surface area contributed by atoms with E-state index in [4.69, 9.17) is 5.73 Å². The van der Waals surface area contributed by atoms with Crippen molar-refractivity contribution >= 4 is 30.7 Å². The second-order valence-electron chi connectivity index (χ2n) is 7.09. The molecule has 0 radical (unpaired) electrons. The van der Waals surface area contributed by atoms with Crippen LogP contribution >= 0.6 is 24.8 Å². The molecule has 1 saturated heterocycles. The van der Waals surface area contributed by atoms with Crippen molar-refractivity contribution in [1.82, 2.24) is 10.2 Å². The molecule has 3 N–H and O–H groups in total. The van der Waals surface area contributed by atoms with Crippen molar-refractivity contribution in [3.05, 3.63) is 0 Å². The monoisotopic (exact) mass is 353 g/mol. The normalized spacial score (nSPS) is 28.3. The Morgan fingerprint density at radius 3 is 2.64 bits per heavy atom. The van der Waals surface area contributed by atoms with Crippen LogP contribution in [-0.4, -0.2) is 43.5 Å². The van der Waals surface area contributed by atoms with Gasteiger partial charge in [-0.2, -0.15) is 0 Å². The van der Waals surface area contributed by atoms with Crippen molar-refractivity contribution in [2.75, 3.05) is 32.7 Å². The standard InChI is InChI=1S/C16H31N3O.2ClH/c1-12(2)10-19-7-6-13(11-19)9-18-16(20)15-5-3-4-14(15)8-17;;/h12-15H,3-11,17H2,1-2H3,(H,18,20);2*1H/t13?,14-,15-;;/m1../s1. The van der Waals surface area contributed by atoms with Gasteiger partial charge in [-0.15, -0.1) is 24.8 Å². The van der Waals surface area contributed by atoms with E-state index in [0.717, 1.165) is 38.3 Å². The Morgan fingerprint density at radius 2 is 2.00 bits per heavy atom. The van der Waals surface area contributed by atoms with Crippen LogP contribution in [0.5, 0.6) is 0 Å². The lowest BCUT2D eigenvalue weighted by atomic mass is 9.95. The summed E-state index contributed by atoms with van der Waals surface area (Å²) in [6, 6.07) is 0. The van der Waals surface area contributed by atoms with Gasteiger partial charge in [-0.1, -0.05) is 20.3 Å². The summed E-state index contributed by atoms with van der Waals surface area (Å²) in [4.78, 5) is 14.8. The number of rotatable bonds is 6. The highest BCUT2D eigenvalue weighted by molar-refractivity contribution is 5.85. The summed E-state index contributed by atoms with van der Waals surface area (Å²) in [5.74, 6) is 2.20. The molecule has 1 aliphatic carbocycles. The second-order valence-corrected chi connectivity index (χ2v) is 7.09. The smallest absolute Gasteiger partial charge is 0.223 e. The highest BCUT2D eigenvalue weighted by atomic mass is 35.5. The molecule has 3 atom stereocenters. The number of nitrogens with one attached hydrogen (secondary N) is 1. The molecule has 22 heavy (non-hydrogen) atoms. The lowest BCUT2D eigenvalue weighted by Crippen LogP contribution is -2.38. The number of likely N-dealkylation sites (tertiary alicyclic amines) is 1. The largest absolute Gasteiger partial charge is 0.356 e. The number of carbonyl (C=O) groups is 1. The summed E-state index contributed by atoms with van der Waals surface area (Å²) in [7, 11) is 0. The zero-order chi connectivity index (χ0) is 14.5. The Morgan fingerprint density at radius 1 is 1.27 bits per heavy atom. The van der Waals surface area contributed by atoms with Gasteiger partial charge < -0.3 is 16.0 Å². The highest BCUT2D eigenvalue weighted by Crippen LogP contribution is 2.31. The zero-order valence-corrected chi connectivity index (χ0v) is 15.6. The SMILES string of the molecule is CC(C)CN1CCC(CNC(=O)[C@@H]2CCC[C@@H]2CN)C1.Cl.Cl. The quantitative estimate of drug-likeness (QED) is 0.770. The van der Waals surface area contributed by atoms with Crippen LogP contribution in [0.1, 0.15) is 39.5 Å². The Balaban J connectivity index is 0.00000220. The third-order valence-corrected chi connectivity index (χ3v) is 4.86. The first-order valence-electron chi connectivity index (χ1n) is 8.30. The summed E-state index contributed by atoms with van der Waals surface area (Å²) < 4.78 is 0. The fourth-order valence-electron chi connectivity index (χ4n) is 3.80. The lowest BCUT2D eigenvalue weighted by Gasteiger charge is -2.20. The molecule has 1 heterocycles. The van der Waals surface area contributed by atoms with Gasteiger partial charge in [-0.05, 0) is 50.1 Å². The summed E-state index contributed by atoms with van der Waals surface area (Å²) in [6.45, 7) is 9.55. The van der Waals surface area contributed by atoms with Gasteiger partial charge in [0.15, 0.2) is 0 Å². The van der Waals surface area contributed by atoms with E-state index in [1.165, 1.54) is 19.5 Å². The molecule has 2 aliphatic rings. The van der Waals surface area contributed by atoms with E-state index in [2.05, 4.69) is 24.1 Å². The molecule has 0 aromatic rings. The van der Waals surface area contributed by atoms with Crippen LogP contribution in [0.2, 0.25) is 0 Å². The topological polar surface area (TPSA) is 58.4 Å². The molecule has 1 aliphatic heterocycles. The number of nitrogens with two attached hydrogens (primary N) is 1. The maximum absolute atomic E-state index is 12.3. The average Bonchev–Trinajstić information content (AvgIpc) is 3.03. The van der Waals surface area contributed by atoms with Crippen LogP contribution < -0.4 is 11.1 Å².